The van der Waals surface area contributed by atoms with Crippen LogP contribution < -0.4 is 27.2 Å². The van der Waals surface area contributed by atoms with Crippen LogP contribution >= 0.6 is 23.5 Å². The highest BCUT2D eigenvalue weighted by Crippen LogP contribution is 2.67. The molecule has 280 valence electrons. The summed E-state index contributed by atoms with van der Waals surface area (Å²) in [6.07, 6.45) is -6.08. The van der Waals surface area contributed by atoms with E-state index < -0.39 is 84.7 Å². The molecule has 0 amide bonds. The highest BCUT2D eigenvalue weighted by molar-refractivity contribution is 7.66. The molecular formula is C21H30N10O17P3+. The SMILES string of the molecule is Cn1c[n+](C2COC[C@@H](COP(=O)(O)OP(=O)(O)OP(=O)(O)OC[C@H]3OC(n4cnc5c(=O)[nH]c(N)nc54)[C@H](O)[C@@H]3O)O2)c2nc(N)[nH]c(=O)c21. The van der Waals surface area contributed by atoms with Crippen molar-refractivity contribution in [1.29, 1.82) is 0 Å². The summed E-state index contributed by atoms with van der Waals surface area (Å²) in [6.45, 7) is -2.06. The van der Waals surface area contributed by atoms with Gasteiger partial charge in [-0.05, 0) is 0 Å². The lowest BCUT2D eigenvalue weighted by Crippen LogP contribution is -2.49. The fourth-order valence-electron chi connectivity index (χ4n) is 5.21. The van der Waals surface area contributed by atoms with Crippen LogP contribution in [0.25, 0.3) is 22.3 Å². The van der Waals surface area contributed by atoms with Crippen LogP contribution in [0.5, 0.6) is 0 Å². The zero-order chi connectivity index (χ0) is 37.0. The lowest BCUT2D eigenvalue weighted by Gasteiger charge is -2.29. The molecule has 0 bridgehead atoms. The average Bonchev–Trinajstić information content (AvgIpc) is 3.67. The van der Waals surface area contributed by atoms with E-state index in [1.807, 2.05) is 0 Å². The summed E-state index contributed by atoms with van der Waals surface area (Å²) in [6, 6.07) is 0. The zero-order valence-corrected chi connectivity index (χ0v) is 28.4. The molecule has 27 nitrogen and oxygen atoms in total. The van der Waals surface area contributed by atoms with Gasteiger partial charge in [0, 0.05) is 0 Å². The Balaban J connectivity index is 1.03. The van der Waals surface area contributed by atoms with Crippen molar-refractivity contribution in [2.75, 3.05) is 37.9 Å². The Labute approximate surface area is 282 Å². The van der Waals surface area contributed by atoms with Gasteiger partial charge in [-0.3, -0.25) is 37.7 Å². The second-order valence-corrected chi connectivity index (χ2v) is 15.6. The van der Waals surface area contributed by atoms with Gasteiger partial charge >= 0.3 is 29.1 Å². The van der Waals surface area contributed by atoms with E-state index in [0.29, 0.717) is 0 Å². The number of rotatable bonds is 12. The topological polar surface area (TPSA) is 387 Å². The minimum atomic E-state index is -5.90. The van der Waals surface area contributed by atoms with Gasteiger partial charge in [0.2, 0.25) is 17.7 Å². The Hall–Kier alpha value is -3.49. The van der Waals surface area contributed by atoms with E-state index in [1.165, 1.54) is 15.5 Å². The molecular weight excluding hydrogens is 757 g/mol. The average molecular weight is 787 g/mol. The van der Waals surface area contributed by atoms with E-state index in [-0.39, 0.29) is 47.4 Å². The molecule has 4 aromatic heterocycles. The molecule has 0 radical (unpaired) electrons. The number of aliphatic hydroxyl groups excluding tert-OH is 2. The zero-order valence-electron chi connectivity index (χ0n) is 25.8. The minimum Gasteiger partial charge on any atom is -0.387 e. The quantitative estimate of drug-likeness (QED) is 0.0503. The molecule has 9 atom stereocenters. The van der Waals surface area contributed by atoms with Gasteiger partial charge in [0.25, 0.3) is 17.1 Å². The second-order valence-electron chi connectivity index (χ2n) is 11.0. The molecule has 2 saturated heterocycles. The number of aryl methyl sites for hydroxylation is 1. The third kappa shape index (κ3) is 7.97. The number of hydrogen-bond acceptors (Lipinski definition) is 19. The van der Waals surface area contributed by atoms with Crippen LogP contribution in [0.3, 0.4) is 0 Å². The number of nitrogens with zero attached hydrogens (tertiary/aromatic N) is 6. The number of anilines is 2. The number of nitrogens with two attached hydrogens (primary N) is 2. The highest BCUT2D eigenvalue weighted by Gasteiger charge is 2.47. The van der Waals surface area contributed by atoms with Gasteiger partial charge in [-0.2, -0.15) is 13.6 Å². The number of H-pyrrole nitrogens is 2. The summed E-state index contributed by atoms with van der Waals surface area (Å²) in [7, 11) is -15.5. The summed E-state index contributed by atoms with van der Waals surface area (Å²) in [5.41, 5.74) is 9.95. The first-order valence-electron chi connectivity index (χ1n) is 14.3. The van der Waals surface area contributed by atoms with Crippen molar-refractivity contribution in [1.82, 2.24) is 34.1 Å². The number of phosphoric ester groups is 2. The van der Waals surface area contributed by atoms with E-state index >= 15 is 0 Å². The van der Waals surface area contributed by atoms with Crippen molar-refractivity contribution >= 4 is 57.7 Å². The van der Waals surface area contributed by atoms with E-state index in [4.69, 9.17) is 30.2 Å². The summed E-state index contributed by atoms with van der Waals surface area (Å²) in [5.74, 6) is -0.463. The first-order chi connectivity index (χ1) is 23.8. The number of ether oxygens (including phenoxy) is 3. The largest absolute Gasteiger partial charge is 0.490 e. The Bertz CT molecular complexity index is 2220. The van der Waals surface area contributed by atoms with Gasteiger partial charge in [0.1, 0.15) is 31.0 Å². The van der Waals surface area contributed by atoms with Crippen LogP contribution in [0.4, 0.5) is 11.9 Å². The Kier molecular flexibility index (Phi) is 10.1. The van der Waals surface area contributed by atoms with Crippen LogP contribution in [0.15, 0.2) is 22.2 Å². The van der Waals surface area contributed by atoms with Crippen LogP contribution in [0, 0.1) is 0 Å². The lowest BCUT2D eigenvalue weighted by molar-refractivity contribution is -0.751. The Morgan fingerprint density at radius 3 is 2.29 bits per heavy atom. The van der Waals surface area contributed by atoms with Crippen molar-refractivity contribution in [3.05, 3.63) is 33.4 Å². The van der Waals surface area contributed by atoms with Gasteiger partial charge in [0.05, 0.1) is 33.2 Å². The van der Waals surface area contributed by atoms with Crippen molar-refractivity contribution < 1.29 is 75.0 Å². The normalized spacial score (nSPS) is 27.7. The molecule has 4 aromatic rings. The van der Waals surface area contributed by atoms with E-state index in [1.54, 1.807) is 7.05 Å². The van der Waals surface area contributed by atoms with Crippen LogP contribution in [-0.2, 0) is 52.6 Å². The van der Waals surface area contributed by atoms with Gasteiger partial charge < -0.3 is 50.6 Å². The van der Waals surface area contributed by atoms with E-state index in [0.717, 1.165) is 10.9 Å². The van der Waals surface area contributed by atoms with Gasteiger partial charge in [-0.25, -0.2) is 23.2 Å². The number of aromatic nitrogens is 8. The van der Waals surface area contributed by atoms with Crippen LogP contribution in [-0.4, -0.2) is 110 Å². The fraction of sp³-hybridized carbons (Fsp3) is 0.524. The highest BCUT2D eigenvalue weighted by atomic mass is 31.3. The maximum Gasteiger partial charge on any atom is 0.490 e. The second kappa shape index (κ2) is 13.8. The maximum atomic E-state index is 12.5. The summed E-state index contributed by atoms with van der Waals surface area (Å²) >= 11 is 0. The molecule has 0 spiro atoms. The van der Waals surface area contributed by atoms with Gasteiger partial charge in [-0.15, -0.1) is 0 Å². The predicted octanol–water partition coefficient (Wildman–Crippen LogP) is -3.25. The van der Waals surface area contributed by atoms with Crippen molar-refractivity contribution in [2.24, 2.45) is 7.05 Å². The third-order valence-electron chi connectivity index (χ3n) is 7.31. The number of aromatic amines is 2. The minimum absolute atomic E-state index is 0.0517. The van der Waals surface area contributed by atoms with Gasteiger partial charge in [0.15, 0.2) is 23.7 Å². The van der Waals surface area contributed by atoms with Crippen LogP contribution in [0.2, 0.25) is 0 Å². The number of imidazole rings is 2. The summed E-state index contributed by atoms with van der Waals surface area (Å²) in [5, 5.41) is 21.0. The molecule has 51 heavy (non-hydrogen) atoms. The summed E-state index contributed by atoms with van der Waals surface area (Å²) in [4.78, 5) is 70.9. The standard InChI is InChI=1S/C21H29N10O17P3/c1-29-7-31(16-12(29)18(35)28-21(23)26-16)10-5-42-2-8(45-10)3-43-49(36,37)47-51(40,41)48-50(38,39)44-4-9-13(32)14(33)19(46-9)30-6-24-11-15(30)25-20(22)27-17(11)34/h6-10,13-14,19,32-33H,2-5H2,1H3,(H8-,22,23,25,26,27,28,34,35,36,37,38,39,40,41)/p+1/t8-,9+,10?,13+,14+,19?/m0/s1. The number of nitrogen functional groups attached to an aromatic ring is 2. The molecule has 6 heterocycles. The van der Waals surface area contributed by atoms with Gasteiger partial charge in [-0.1, -0.05) is 4.98 Å². The third-order valence-corrected chi connectivity index (χ3v) is 11.6. The molecule has 11 N–H and O–H groups in total. The van der Waals surface area contributed by atoms with Crippen molar-refractivity contribution in [3.63, 3.8) is 0 Å². The number of hydrogen-bond donors (Lipinski definition) is 9. The first-order valence-corrected chi connectivity index (χ1v) is 18.7. The molecule has 5 unspecified atom stereocenters. The molecule has 0 aliphatic carbocycles. The molecule has 6 rings (SSSR count). The Morgan fingerprint density at radius 1 is 0.941 bits per heavy atom. The number of phosphoric acid groups is 3. The van der Waals surface area contributed by atoms with Crippen molar-refractivity contribution in [3.8, 4) is 0 Å². The van der Waals surface area contributed by atoms with Crippen molar-refractivity contribution in [2.45, 2.75) is 36.9 Å². The number of nitrogens with one attached hydrogen (secondary N) is 2. The smallest absolute Gasteiger partial charge is 0.387 e. The molecule has 2 aliphatic rings. The number of fused-ring (bicyclic) bond motifs is 2. The lowest BCUT2D eigenvalue weighted by atomic mass is 10.1. The summed E-state index contributed by atoms with van der Waals surface area (Å²) < 4.78 is 75.6. The van der Waals surface area contributed by atoms with E-state index in [9.17, 15) is 48.2 Å². The molecule has 0 aromatic carbocycles. The fourth-order valence-corrected chi connectivity index (χ4v) is 8.75. The Morgan fingerprint density at radius 2 is 1.59 bits per heavy atom. The molecule has 2 fully saturated rings. The van der Waals surface area contributed by atoms with E-state index in [2.05, 4.69) is 38.1 Å². The molecule has 0 saturated carbocycles. The number of aliphatic hydroxyl groups is 2. The molecule has 30 heteroatoms. The predicted molar refractivity (Wildman–Crippen MR) is 163 cm³/mol. The van der Waals surface area contributed by atoms with Crippen LogP contribution in [0.1, 0.15) is 12.5 Å². The monoisotopic (exact) mass is 787 g/mol. The first kappa shape index (κ1) is 37.3. The molecule has 2 aliphatic heterocycles. The maximum absolute atomic E-state index is 12.5.